The van der Waals surface area contributed by atoms with Gasteiger partial charge in [-0.15, -0.1) is 0 Å². The zero-order chi connectivity index (χ0) is 22.3. The first-order valence-corrected chi connectivity index (χ1v) is 8.67. The van der Waals surface area contributed by atoms with Gasteiger partial charge in [0.2, 0.25) is 0 Å². The molecule has 9 heteroatoms. The Hall–Kier alpha value is -3.35. The van der Waals surface area contributed by atoms with Gasteiger partial charge in [-0.05, 0) is 55.5 Å². The van der Waals surface area contributed by atoms with Crippen molar-refractivity contribution in [3.05, 3.63) is 71.0 Å². The van der Waals surface area contributed by atoms with E-state index in [1.807, 2.05) is 0 Å². The summed E-state index contributed by atoms with van der Waals surface area (Å²) in [5.74, 6) is 3.22. The number of nitrogens with one attached hydrogen (secondary N) is 2. The van der Waals surface area contributed by atoms with Crippen molar-refractivity contribution in [2.75, 3.05) is 7.11 Å². The smallest absolute Gasteiger partial charge is 0.269 e. The molecule has 2 unspecified atom stereocenters. The lowest BCUT2D eigenvalue weighted by Gasteiger charge is -2.34. The maximum absolute atomic E-state index is 13.4. The van der Waals surface area contributed by atoms with Gasteiger partial charge >= 0.3 is 0 Å². The summed E-state index contributed by atoms with van der Waals surface area (Å²) < 4.78 is 44.5. The van der Waals surface area contributed by atoms with Gasteiger partial charge in [0.15, 0.2) is 5.60 Å². The van der Waals surface area contributed by atoms with E-state index in [1.54, 1.807) is 0 Å². The fraction of sp³-hybridized carbons (Fsp3) is 0.238. The molecule has 2 rings (SSSR count). The maximum atomic E-state index is 13.4. The monoisotopic (exact) mass is 420 g/mol. The zero-order valence-corrected chi connectivity index (χ0v) is 16.1. The molecule has 0 aromatic heterocycles. The first kappa shape index (κ1) is 22.9. The molecule has 0 radical (unpaired) electrons. The van der Waals surface area contributed by atoms with Crippen molar-refractivity contribution in [3.8, 4) is 11.8 Å². The molecule has 0 heterocycles. The van der Waals surface area contributed by atoms with Crippen LogP contribution in [0.1, 0.15) is 28.4 Å². The summed E-state index contributed by atoms with van der Waals surface area (Å²) in [6.45, 7) is 0.936. The summed E-state index contributed by atoms with van der Waals surface area (Å²) in [5.41, 5.74) is 0.106. The van der Waals surface area contributed by atoms with Crippen molar-refractivity contribution >= 4 is 11.8 Å². The van der Waals surface area contributed by atoms with Crippen molar-refractivity contribution in [3.63, 3.8) is 0 Å². The number of hydrogen-bond acceptors (Lipinski definition) is 4. The number of carbonyl (C=O) groups is 2. The fourth-order valence-electron chi connectivity index (χ4n) is 2.46. The highest BCUT2D eigenvalue weighted by atomic mass is 19.3. The molecule has 2 atom stereocenters. The third-order valence-corrected chi connectivity index (χ3v) is 4.44. The summed E-state index contributed by atoms with van der Waals surface area (Å²) in [6, 6.07) is 9.57. The molecule has 0 aliphatic heterocycles. The van der Waals surface area contributed by atoms with E-state index in [0.29, 0.717) is 11.1 Å². The lowest BCUT2D eigenvalue weighted by Crippen LogP contribution is -2.62. The van der Waals surface area contributed by atoms with Crippen molar-refractivity contribution < 1.29 is 32.7 Å². The van der Waals surface area contributed by atoms with Crippen molar-refractivity contribution in [1.82, 2.24) is 10.8 Å². The fourth-order valence-corrected chi connectivity index (χ4v) is 2.46. The number of rotatable bonds is 6. The molecule has 6 nitrogen and oxygen atoms in total. The van der Waals surface area contributed by atoms with E-state index in [-0.39, 0.29) is 11.4 Å². The lowest BCUT2D eigenvalue weighted by atomic mass is 9.95. The average Bonchev–Trinajstić information content (AvgIpc) is 2.76. The van der Waals surface area contributed by atoms with E-state index in [9.17, 15) is 22.8 Å². The first-order chi connectivity index (χ1) is 14.2. The number of amides is 2. The van der Waals surface area contributed by atoms with Crippen LogP contribution in [0.5, 0.6) is 0 Å². The van der Waals surface area contributed by atoms with Crippen molar-refractivity contribution in [1.29, 1.82) is 0 Å². The van der Waals surface area contributed by atoms with Crippen LogP contribution in [0.3, 0.4) is 0 Å². The van der Waals surface area contributed by atoms with Gasteiger partial charge in [-0.1, -0.05) is 11.8 Å². The topological polar surface area (TPSA) is 87.7 Å². The van der Waals surface area contributed by atoms with E-state index in [0.717, 1.165) is 14.0 Å². The van der Waals surface area contributed by atoms with E-state index in [4.69, 9.17) is 9.94 Å². The largest absolute Gasteiger partial charge is 0.370 e. The van der Waals surface area contributed by atoms with Crippen molar-refractivity contribution in [2.24, 2.45) is 0 Å². The molecule has 0 aliphatic rings. The van der Waals surface area contributed by atoms with Crippen LogP contribution in [0, 0.1) is 17.7 Å². The molecule has 0 spiro atoms. The van der Waals surface area contributed by atoms with Crippen LogP contribution in [0.15, 0.2) is 48.5 Å². The Morgan fingerprint density at radius 2 is 1.53 bits per heavy atom. The molecular formula is C21H19F3N2O4. The van der Waals surface area contributed by atoms with E-state index < -0.39 is 29.9 Å². The molecule has 2 amide bonds. The number of carbonyl (C=O) groups excluding carboxylic acids is 2. The molecule has 2 aromatic rings. The number of hydrogen-bond donors (Lipinski definition) is 3. The Kier molecular flexibility index (Phi) is 7.58. The Morgan fingerprint density at radius 3 is 1.97 bits per heavy atom. The number of halogens is 3. The quantitative estimate of drug-likeness (QED) is 0.381. The summed E-state index contributed by atoms with van der Waals surface area (Å²) in [6.07, 6.45) is -3.13. The maximum Gasteiger partial charge on any atom is 0.269 e. The third kappa shape index (κ3) is 5.37. The Labute approximate surface area is 171 Å². The molecule has 2 aromatic carbocycles. The van der Waals surface area contributed by atoms with E-state index >= 15 is 0 Å². The van der Waals surface area contributed by atoms with Crippen LogP contribution < -0.4 is 10.8 Å². The second-order valence-corrected chi connectivity index (χ2v) is 6.41. The van der Waals surface area contributed by atoms with Gasteiger partial charge in [-0.2, -0.15) is 0 Å². The second-order valence-electron chi connectivity index (χ2n) is 6.41. The highest BCUT2D eigenvalue weighted by Gasteiger charge is 2.48. The molecule has 0 saturated heterocycles. The number of hydroxylamine groups is 1. The number of alkyl halides is 2. The van der Waals surface area contributed by atoms with Gasteiger partial charge < -0.3 is 10.1 Å². The standard InChI is InChI=1S/C21H19F3N2O4/c1-21(30-2,20(23)24)17(19(28)26-29)25-18(27)15-9-5-13(6-10-15)3-4-14-7-11-16(22)12-8-14/h5-12,17,20,29H,1-2H3,(H,25,27)(H,26,28). The Morgan fingerprint density at radius 1 is 1.03 bits per heavy atom. The lowest BCUT2D eigenvalue weighted by molar-refractivity contribution is -0.157. The predicted molar refractivity (Wildman–Crippen MR) is 101 cm³/mol. The van der Waals surface area contributed by atoms with Gasteiger partial charge in [-0.3, -0.25) is 14.8 Å². The molecule has 3 N–H and O–H groups in total. The van der Waals surface area contributed by atoms with Gasteiger partial charge in [0.05, 0.1) is 0 Å². The molecule has 0 fully saturated rings. The Balaban J connectivity index is 2.18. The van der Waals surface area contributed by atoms with Crippen LogP contribution in [0.4, 0.5) is 13.2 Å². The van der Waals surface area contributed by atoms with Crippen LogP contribution in [0.25, 0.3) is 0 Å². The normalized spacial score (nSPS) is 13.6. The summed E-state index contributed by atoms with van der Waals surface area (Å²) in [5, 5.41) is 11.0. The minimum atomic E-state index is -3.13. The van der Waals surface area contributed by atoms with Gasteiger partial charge in [0.25, 0.3) is 18.2 Å². The van der Waals surface area contributed by atoms with Gasteiger partial charge in [-0.25, -0.2) is 18.7 Å². The Bertz CT molecular complexity index is 953. The molecule has 30 heavy (non-hydrogen) atoms. The minimum Gasteiger partial charge on any atom is -0.370 e. The highest BCUT2D eigenvalue weighted by molar-refractivity contribution is 5.97. The molecule has 158 valence electrons. The molecule has 0 saturated carbocycles. The van der Waals surface area contributed by atoms with Crippen LogP contribution in [-0.2, 0) is 9.53 Å². The second kappa shape index (κ2) is 9.91. The van der Waals surface area contributed by atoms with Crippen LogP contribution in [-0.4, -0.2) is 42.2 Å². The molecular weight excluding hydrogens is 401 g/mol. The molecule has 0 aliphatic carbocycles. The molecule has 0 bridgehead atoms. The summed E-state index contributed by atoms with van der Waals surface area (Å²) in [4.78, 5) is 24.3. The minimum absolute atomic E-state index is 0.0748. The zero-order valence-electron chi connectivity index (χ0n) is 16.1. The van der Waals surface area contributed by atoms with Crippen LogP contribution in [0.2, 0.25) is 0 Å². The predicted octanol–water partition coefficient (Wildman–Crippen LogP) is 2.50. The van der Waals surface area contributed by atoms with Gasteiger partial charge in [0.1, 0.15) is 11.9 Å². The highest BCUT2D eigenvalue weighted by Crippen LogP contribution is 2.24. The third-order valence-electron chi connectivity index (χ3n) is 4.44. The first-order valence-electron chi connectivity index (χ1n) is 8.67. The van der Waals surface area contributed by atoms with E-state index in [2.05, 4.69) is 17.2 Å². The van der Waals surface area contributed by atoms with Crippen molar-refractivity contribution in [2.45, 2.75) is 25.0 Å². The van der Waals surface area contributed by atoms with Gasteiger partial charge in [0, 0.05) is 23.8 Å². The summed E-state index contributed by atoms with van der Waals surface area (Å²) >= 11 is 0. The van der Waals surface area contributed by atoms with Crippen LogP contribution >= 0.6 is 0 Å². The number of methoxy groups -OCH3 is 1. The van der Waals surface area contributed by atoms with E-state index in [1.165, 1.54) is 54.0 Å². The SMILES string of the molecule is COC(C)(C(F)F)C(NC(=O)c1ccc(C#Cc2ccc(F)cc2)cc1)C(=O)NO. The summed E-state index contributed by atoms with van der Waals surface area (Å²) in [7, 11) is 0.963. The average molecular weight is 420 g/mol. The number of benzene rings is 2. The number of ether oxygens (including phenoxy) is 1.